The number of rotatable bonds is 6. The molecule has 0 aromatic carbocycles. The van der Waals surface area contributed by atoms with Crippen molar-refractivity contribution >= 4 is 49.8 Å². The van der Waals surface area contributed by atoms with Gasteiger partial charge in [-0.25, -0.2) is 8.42 Å². The summed E-state index contributed by atoms with van der Waals surface area (Å²) in [6.45, 7) is 0.0531. The maximum absolute atomic E-state index is 12.9. The molecule has 0 spiro atoms. The van der Waals surface area contributed by atoms with E-state index in [1.54, 1.807) is 35.7 Å². The summed E-state index contributed by atoms with van der Waals surface area (Å²) >= 11 is 3.90. The molecule has 3 aromatic rings. The number of thiophene rings is 3. The van der Waals surface area contributed by atoms with Crippen LogP contribution in [0.4, 0.5) is 0 Å². The largest absolute Gasteiger partial charge is 0.350 e. The first-order valence-electron chi connectivity index (χ1n) is 6.71. The Balaban J connectivity index is 1.84. The maximum atomic E-state index is 12.9. The number of sulfone groups is 1. The van der Waals surface area contributed by atoms with Crippen molar-refractivity contribution < 1.29 is 13.2 Å². The van der Waals surface area contributed by atoms with E-state index in [1.807, 2.05) is 16.8 Å². The Morgan fingerprint density at radius 3 is 2.30 bits per heavy atom. The van der Waals surface area contributed by atoms with Gasteiger partial charge in [-0.3, -0.25) is 4.79 Å². The van der Waals surface area contributed by atoms with Crippen molar-refractivity contribution in [3.8, 4) is 0 Å². The lowest BCUT2D eigenvalue weighted by atomic mass is 10.3. The van der Waals surface area contributed by atoms with Crippen molar-refractivity contribution in [2.45, 2.75) is 9.46 Å². The Morgan fingerprint density at radius 1 is 1.00 bits per heavy atom. The molecule has 0 aliphatic carbocycles. The van der Waals surface area contributed by atoms with Crippen LogP contribution in [0.25, 0.3) is 0 Å². The van der Waals surface area contributed by atoms with E-state index in [9.17, 15) is 13.2 Å². The van der Waals surface area contributed by atoms with Crippen molar-refractivity contribution in [3.05, 3.63) is 62.3 Å². The van der Waals surface area contributed by atoms with Gasteiger partial charge in [0.2, 0.25) is 0 Å². The summed E-state index contributed by atoms with van der Waals surface area (Å²) in [6, 6.07) is 10.4. The number of carbonyl (C=O) groups is 1. The molecule has 0 bridgehead atoms. The zero-order valence-electron chi connectivity index (χ0n) is 11.8. The van der Waals surface area contributed by atoms with E-state index in [0.717, 1.165) is 4.88 Å². The molecule has 3 heterocycles. The van der Waals surface area contributed by atoms with Crippen molar-refractivity contribution in [2.24, 2.45) is 0 Å². The van der Waals surface area contributed by atoms with Gasteiger partial charge in [0.25, 0.3) is 5.91 Å². The fourth-order valence-electron chi connectivity index (χ4n) is 2.08. The Kier molecular flexibility index (Phi) is 4.96. The van der Waals surface area contributed by atoms with Gasteiger partial charge in [0.05, 0.1) is 4.88 Å². The van der Waals surface area contributed by atoms with Gasteiger partial charge in [0.1, 0.15) is 9.46 Å². The molecule has 1 unspecified atom stereocenters. The topological polar surface area (TPSA) is 63.2 Å². The predicted octanol–water partition coefficient (Wildman–Crippen LogP) is 3.82. The minimum Gasteiger partial charge on any atom is -0.350 e. The summed E-state index contributed by atoms with van der Waals surface area (Å²) in [7, 11) is -3.53. The molecular weight excluding hydrogens is 370 g/mol. The molecule has 1 atom stereocenters. The van der Waals surface area contributed by atoms with Gasteiger partial charge in [-0.2, -0.15) is 0 Å². The van der Waals surface area contributed by atoms with Crippen LogP contribution in [0.5, 0.6) is 0 Å². The highest BCUT2D eigenvalue weighted by Crippen LogP contribution is 2.33. The Hall–Kier alpha value is -1.48. The van der Waals surface area contributed by atoms with Crippen LogP contribution in [0.1, 0.15) is 19.8 Å². The van der Waals surface area contributed by atoms with Gasteiger partial charge in [-0.05, 0) is 34.3 Å². The minimum absolute atomic E-state index is 0.0531. The fourth-order valence-corrected chi connectivity index (χ4v) is 6.71. The SMILES string of the molecule is O=C(NCC(c1cccs1)S(=O)(=O)c1cccs1)c1cccs1. The number of amides is 1. The molecule has 8 heteroatoms. The minimum atomic E-state index is -3.53. The molecule has 0 aliphatic heterocycles. The maximum Gasteiger partial charge on any atom is 0.261 e. The molecule has 23 heavy (non-hydrogen) atoms. The lowest BCUT2D eigenvalue weighted by molar-refractivity contribution is 0.0958. The second kappa shape index (κ2) is 6.96. The second-order valence-corrected chi connectivity index (χ2v) is 9.90. The lowest BCUT2D eigenvalue weighted by Gasteiger charge is -2.16. The number of hydrogen-bond acceptors (Lipinski definition) is 6. The molecule has 120 valence electrons. The summed E-state index contributed by atoms with van der Waals surface area (Å²) in [5, 5.41) is 7.36. The van der Waals surface area contributed by atoms with Crippen molar-refractivity contribution in [2.75, 3.05) is 6.54 Å². The van der Waals surface area contributed by atoms with Crippen LogP contribution in [0.15, 0.2) is 56.7 Å². The third-order valence-electron chi connectivity index (χ3n) is 3.20. The number of carbonyl (C=O) groups excluding carboxylic acids is 1. The van der Waals surface area contributed by atoms with E-state index in [-0.39, 0.29) is 12.5 Å². The van der Waals surface area contributed by atoms with E-state index < -0.39 is 15.1 Å². The van der Waals surface area contributed by atoms with E-state index in [4.69, 9.17) is 0 Å². The lowest BCUT2D eigenvalue weighted by Crippen LogP contribution is -2.31. The Morgan fingerprint density at radius 2 is 1.70 bits per heavy atom. The smallest absolute Gasteiger partial charge is 0.261 e. The monoisotopic (exact) mass is 383 g/mol. The first-order valence-corrected chi connectivity index (χ1v) is 10.9. The standard InChI is InChI=1S/C15H13NO3S4/c17-15(12-5-2-8-21-12)16-10-13(11-4-1-7-20-11)23(18,19)14-6-3-9-22-14/h1-9,13H,10H2,(H,16,17). The summed E-state index contributed by atoms with van der Waals surface area (Å²) < 4.78 is 26.0. The van der Waals surface area contributed by atoms with Crippen LogP contribution in [0.2, 0.25) is 0 Å². The second-order valence-electron chi connectivity index (χ2n) is 4.67. The summed E-state index contributed by atoms with van der Waals surface area (Å²) in [5.41, 5.74) is 0. The van der Waals surface area contributed by atoms with E-state index >= 15 is 0 Å². The molecule has 0 aliphatic rings. The van der Waals surface area contributed by atoms with Crippen LogP contribution in [-0.2, 0) is 9.84 Å². The normalized spacial score (nSPS) is 12.9. The van der Waals surface area contributed by atoms with Gasteiger partial charge in [-0.15, -0.1) is 34.0 Å². The zero-order chi connectivity index (χ0) is 16.3. The highest BCUT2D eigenvalue weighted by Gasteiger charge is 2.31. The van der Waals surface area contributed by atoms with E-state index in [0.29, 0.717) is 9.09 Å². The summed E-state index contributed by atoms with van der Waals surface area (Å²) in [5.74, 6) is -0.247. The van der Waals surface area contributed by atoms with Gasteiger partial charge >= 0.3 is 0 Å². The van der Waals surface area contributed by atoms with Crippen molar-refractivity contribution in [1.82, 2.24) is 5.32 Å². The van der Waals surface area contributed by atoms with Gasteiger partial charge in [-0.1, -0.05) is 18.2 Å². The molecule has 0 saturated carbocycles. The quantitative estimate of drug-likeness (QED) is 0.704. The summed E-state index contributed by atoms with van der Waals surface area (Å²) in [6.07, 6.45) is 0. The third kappa shape index (κ3) is 3.55. The van der Waals surface area contributed by atoms with E-state index in [1.165, 1.54) is 34.0 Å². The Labute approximate surface area is 146 Å². The predicted molar refractivity (Wildman–Crippen MR) is 95.2 cm³/mol. The molecule has 0 saturated heterocycles. The molecule has 3 rings (SSSR count). The number of nitrogens with one attached hydrogen (secondary N) is 1. The first-order chi connectivity index (χ1) is 11.1. The van der Waals surface area contributed by atoms with Gasteiger partial charge in [0, 0.05) is 11.4 Å². The van der Waals surface area contributed by atoms with Crippen LogP contribution in [0, 0.1) is 0 Å². The van der Waals surface area contributed by atoms with Crippen LogP contribution < -0.4 is 5.32 Å². The van der Waals surface area contributed by atoms with E-state index in [2.05, 4.69) is 5.32 Å². The third-order valence-corrected chi connectivity index (χ3v) is 8.72. The molecule has 0 radical (unpaired) electrons. The molecule has 1 N–H and O–H groups in total. The molecule has 0 fully saturated rings. The molecule has 4 nitrogen and oxygen atoms in total. The molecule has 3 aromatic heterocycles. The molecule has 1 amide bonds. The van der Waals surface area contributed by atoms with Gasteiger partial charge in [0.15, 0.2) is 9.84 Å². The van der Waals surface area contributed by atoms with Crippen molar-refractivity contribution in [3.63, 3.8) is 0 Å². The number of hydrogen-bond donors (Lipinski definition) is 1. The van der Waals surface area contributed by atoms with Crippen LogP contribution in [0.3, 0.4) is 0 Å². The summed E-state index contributed by atoms with van der Waals surface area (Å²) in [4.78, 5) is 13.4. The highest BCUT2D eigenvalue weighted by atomic mass is 32.2. The van der Waals surface area contributed by atoms with Crippen molar-refractivity contribution in [1.29, 1.82) is 0 Å². The fraction of sp³-hybridized carbons (Fsp3) is 0.133. The zero-order valence-corrected chi connectivity index (χ0v) is 15.1. The average molecular weight is 384 g/mol. The van der Waals surface area contributed by atoms with Crippen LogP contribution in [-0.4, -0.2) is 20.9 Å². The molecular formula is C15H13NO3S4. The first kappa shape index (κ1) is 16.4. The van der Waals surface area contributed by atoms with Crippen LogP contribution >= 0.6 is 34.0 Å². The highest BCUT2D eigenvalue weighted by molar-refractivity contribution is 7.93. The average Bonchev–Trinajstić information content (AvgIpc) is 3.27. The Bertz CT molecular complexity index is 850. The van der Waals surface area contributed by atoms with Gasteiger partial charge < -0.3 is 5.32 Å².